The molecule has 0 atom stereocenters. The van der Waals surface area contributed by atoms with Gasteiger partial charge in [0.25, 0.3) is 10.0 Å². The van der Waals surface area contributed by atoms with Crippen LogP contribution in [0.25, 0.3) is 0 Å². The van der Waals surface area contributed by atoms with Crippen LogP contribution in [-0.4, -0.2) is 41.1 Å². The van der Waals surface area contributed by atoms with Gasteiger partial charge in [-0.2, -0.15) is 0 Å². The summed E-state index contributed by atoms with van der Waals surface area (Å²) in [6.07, 6.45) is 1.91. The van der Waals surface area contributed by atoms with Crippen molar-refractivity contribution in [3.05, 3.63) is 35.4 Å². The van der Waals surface area contributed by atoms with Crippen LogP contribution in [0.4, 0.5) is 4.79 Å². The predicted octanol–water partition coefficient (Wildman–Crippen LogP) is 0.938. The van der Waals surface area contributed by atoms with Crippen molar-refractivity contribution in [2.45, 2.75) is 25.2 Å². The Balaban J connectivity index is 2.93. The summed E-state index contributed by atoms with van der Waals surface area (Å²) in [5.41, 5.74) is 1.56. The molecular formula is C16H23N3O5S. The number of allylic oxidation sites excluding steroid dienone is 1. The molecule has 1 rings (SSSR count). The molecule has 0 saturated heterocycles. The lowest BCUT2D eigenvalue weighted by Crippen LogP contribution is -2.37. The molecule has 1 aromatic rings. The van der Waals surface area contributed by atoms with Crippen LogP contribution in [-0.2, 0) is 21.2 Å². The van der Waals surface area contributed by atoms with Crippen LogP contribution in [0.15, 0.2) is 34.7 Å². The maximum atomic E-state index is 12.3. The number of hydrogen-bond acceptors (Lipinski definition) is 5. The zero-order valence-electron chi connectivity index (χ0n) is 14.7. The molecule has 0 bridgehead atoms. The summed E-state index contributed by atoms with van der Waals surface area (Å²) >= 11 is 0. The van der Waals surface area contributed by atoms with Gasteiger partial charge in [-0.25, -0.2) is 17.9 Å². The van der Waals surface area contributed by atoms with Gasteiger partial charge in [-0.1, -0.05) is 11.6 Å². The van der Waals surface area contributed by atoms with Crippen molar-refractivity contribution in [2.24, 2.45) is 0 Å². The minimum Gasteiger partial charge on any atom is -0.495 e. The van der Waals surface area contributed by atoms with Crippen LogP contribution in [0.3, 0.4) is 0 Å². The molecule has 0 aromatic heterocycles. The third-order valence-corrected chi connectivity index (χ3v) is 4.46. The highest BCUT2D eigenvalue weighted by Crippen LogP contribution is 2.25. The largest absolute Gasteiger partial charge is 0.495 e. The first kappa shape index (κ1) is 20.5. The normalized spacial score (nSPS) is 10.6. The van der Waals surface area contributed by atoms with E-state index in [1.165, 1.54) is 32.4 Å². The van der Waals surface area contributed by atoms with Crippen molar-refractivity contribution < 1.29 is 22.7 Å². The summed E-state index contributed by atoms with van der Waals surface area (Å²) in [6.45, 7) is 3.98. The van der Waals surface area contributed by atoms with Crippen molar-refractivity contribution in [3.8, 4) is 5.75 Å². The van der Waals surface area contributed by atoms with Crippen LogP contribution in [0.5, 0.6) is 5.75 Å². The smallest absolute Gasteiger partial charge is 0.328 e. The lowest BCUT2D eigenvalue weighted by molar-refractivity contribution is -0.116. The third kappa shape index (κ3) is 6.46. The second-order valence-corrected chi connectivity index (χ2v) is 7.08. The molecule has 0 unspecified atom stereocenters. The van der Waals surface area contributed by atoms with E-state index in [4.69, 9.17) is 4.74 Å². The molecule has 0 fully saturated rings. The number of hydrogen-bond donors (Lipinski definition) is 3. The number of sulfonamides is 1. The van der Waals surface area contributed by atoms with E-state index in [1.54, 1.807) is 6.07 Å². The van der Waals surface area contributed by atoms with E-state index in [-0.39, 0.29) is 16.6 Å². The fraction of sp³-hybridized carbons (Fsp3) is 0.375. The Bertz CT molecular complexity index is 768. The zero-order valence-corrected chi connectivity index (χ0v) is 15.5. The highest BCUT2D eigenvalue weighted by Gasteiger charge is 2.22. The van der Waals surface area contributed by atoms with E-state index in [0.29, 0.717) is 18.5 Å². The summed E-state index contributed by atoms with van der Waals surface area (Å²) in [5, 5.41) is 4.90. The van der Waals surface area contributed by atoms with Crippen molar-refractivity contribution >= 4 is 22.0 Å². The van der Waals surface area contributed by atoms with E-state index >= 15 is 0 Å². The molecule has 25 heavy (non-hydrogen) atoms. The van der Waals surface area contributed by atoms with Crippen LogP contribution in [0.1, 0.15) is 19.4 Å². The molecule has 3 amide bonds. The molecule has 3 N–H and O–H groups in total. The minimum atomic E-state index is -4.08. The number of nitrogens with one attached hydrogen (secondary N) is 3. The number of amides is 3. The quantitative estimate of drug-likeness (QED) is 0.619. The molecular weight excluding hydrogens is 346 g/mol. The van der Waals surface area contributed by atoms with Gasteiger partial charge in [0.15, 0.2) is 0 Å². The molecule has 0 aliphatic heterocycles. The summed E-state index contributed by atoms with van der Waals surface area (Å²) in [7, 11) is -1.42. The second-order valence-electron chi connectivity index (χ2n) is 5.43. The Kier molecular flexibility index (Phi) is 7.43. The van der Waals surface area contributed by atoms with Gasteiger partial charge in [0.1, 0.15) is 10.6 Å². The van der Waals surface area contributed by atoms with Crippen molar-refractivity contribution in [1.29, 1.82) is 0 Å². The lowest BCUT2D eigenvalue weighted by atomic mass is 10.1. The number of ether oxygens (including phenoxy) is 1. The number of methoxy groups -OCH3 is 1. The van der Waals surface area contributed by atoms with Crippen molar-refractivity contribution in [1.82, 2.24) is 15.4 Å². The maximum Gasteiger partial charge on any atom is 0.328 e. The standard InChI is InChI=1S/C16H23N3O5S/c1-11(2)9-15(20)18-8-7-12-5-6-13(24-4)14(10-12)25(22,23)19-16(21)17-3/h5-6,9-10H,7-8H2,1-4H3,(H,18,20)(H2,17,19,21). The fourth-order valence-electron chi connectivity index (χ4n) is 1.96. The molecule has 0 heterocycles. The van der Waals surface area contributed by atoms with E-state index < -0.39 is 16.1 Å². The summed E-state index contributed by atoms with van der Waals surface area (Å²) in [4.78, 5) is 22.7. The highest BCUT2D eigenvalue weighted by molar-refractivity contribution is 7.90. The number of carbonyl (C=O) groups excluding carboxylic acids is 2. The van der Waals surface area contributed by atoms with E-state index in [2.05, 4.69) is 10.6 Å². The Hall–Kier alpha value is -2.55. The Morgan fingerprint density at radius 3 is 2.48 bits per heavy atom. The second kappa shape index (κ2) is 9.07. The van der Waals surface area contributed by atoms with Crippen molar-refractivity contribution in [2.75, 3.05) is 20.7 Å². The van der Waals surface area contributed by atoms with Gasteiger partial charge < -0.3 is 15.4 Å². The Morgan fingerprint density at radius 1 is 1.24 bits per heavy atom. The topological polar surface area (TPSA) is 114 Å². The minimum absolute atomic E-state index is 0.119. The number of carbonyl (C=O) groups is 2. The zero-order chi connectivity index (χ0) is 19.0. The van der Waals surface area contributed by atoms with Crippen LogP contribution in [0, 0.1) is 0 Å². The third-order valence-electron chi connectivity index (χ3n) is 3.10. The van der Waals surface area contributed by atoms with E-state index in [0.717, 1.165) is 5.57 Å². The van der Waals surface area contributed by atoms with Gasteiger partial charge in [0.05, 0.1) is 7.11 Å². The SMILES string of the molecule is CNC(=O)NS(=O)(=O)c1cc(CCNC(=O)C=C(C)C)ccc1OC. The number of urea groups is 1. The molecule has 0 aliphatic carbocycles. The summed E-state index contributed by atoms with van der Waals surface area (Å²) in [5.74, 6) is -0.0867. The van der Waals surface area contributed by atoms with Crippen LogP contribution >= 0.6 is 0 Å². The molecule has 0 saturated carbocycles. The predicted molar refractivity (Wildman–Crippen MR) is 93.9 cm³/mol. The van der Waals surface area contributed by atoms with Gasteiger partial charge in [-0.05, 0) is 38.0 Å². The first-order chi connectivity index (χ1) is 11.7. The Labute approximate surface area is 147 Å². The molecule has 1 aromatic carbocycles. The molecule has 8 nitrogen and oxygen atoms in total. The fourth-order valence-corrected chi connectivity index (χ4v) is 3.14. The van der Waals surface area contributed by atoms with Gasteiger partial charge in [0, 0.05) is 19.7 Å². The average Bonchev–Trinajstić information content (AvgIpc) is 2.53. The summed E-state index contributed by atoms with van der Waals surface area (Å²) < 4.78 is 31.6. The van der Waals surface area contributed by atoms with Crippen molar-refractivity contribution in [3.63, 3.8) is 0 Å². The average molecular weight is 369 g/mol. The van der Waals surface area contributed by atoms with Crippen LogP contribution in [0.2, 0.25) is 0 Å². The summed E-state index contributed by atoms with van der Waals surface area (Å²) in [6, 6.07) is 3.77. The number of rotatable bonds is 7. The number of benzene rings is 1. The molecule has 0 aliphatic rings. The van der Waals surface area contributed by atoms with Gasteiger partial charge in [-0.15, -0.1) is 0 Å². The first-order valence-corrected chi connectivity index (χ1v) is 9.02. The van der Waals surface area contributed by atoms with Gasteiger partial charge in [-0.3, -0.25) is 4.79 Å². The van der Waals surface area contributed by atoms with Gasteiger partial charge in [0.2, 0.25) is 5.91 Å². The van der Waals surface area contributed by atoms with Gasteiger partial charge >= 0.3 is 6.03 Å². The maximum absolute atomic E-state index is 12.3. The van der Waals surface area contributed by atoms with Crippen LogP contribution < -0.4 is 20.1 Å². The highest BCUT2D eigenvalue weighted by atomic mass is 32.2. The van der Waals surface area contributed by atoms with E-state index in [1.807, 2.05) is 18.6 Å². The molecule has 138 valence electrons. The molecule has 0 spiro atoms. The molecule has 0 radical (unpaired) electrons. The van der Waals surface area contributed by atoms with E-state index in [9.17, 15) is 18.0 Å². The monoisotopic (exact) mass is 369 g/mol. The first-order valence-electron chi connectivity index (χ1n) is 7.53. The Morgan fingerprint density at radius 2 is 1.92 bits per heavy atom. The molecule has 9 heteroatoms. The lowest BCUT2D eigenvalue weighted by Gasteiger charge is -2.12.